The Labute approximate surface area is 103 Å². The number of hydrogen-bond acceptors (Lipinski definition) is 3. The van der Waals surface area contributed by atoms with E-state index in [-0.39, 0.29) is 5.69 Å². The topological polar surface area (TPSA) is 56.3 Å². The molecule has 0 unspecified atom stereocenters. The van der Waals surface area contributed by atoms with Gasteiger partial charge in [-0.25, -0.2) is 0 Å². The van der Waals surface area contributed by atoms with Gasteiger partial charge in [-0.15, -0.1) is 0 Å². The first-order valence-corrected chi connectivity index (χ1v) is 5.47. The molecule has 0 bridgehead atoms. The van der Waals surface area contributed by atoms with Crippen LogP contribution in [0.3, 0.4) is 0 Å². The molecule has 3 rings (SSSR count). The molecule has 88 valence electrons. The van der Waals surface area contributed by atoms with Gasteiger partial charge in [-0.3, -0.25) is 10.1 Å². The van der Waals surface area contributed by atoms with Crippen LogP contribution in [0.25, 0.3) is 22.3 Å². The van der Waals surface area contributed by atoms with Crippen molar-refractivity contribution < 1.29 is 9.34 Å². The van der Waals surface area contributed by atoms with Crippen LogP contribution in [-0.2, 0) is 0 Å². The van der Waals surface area contributed by atoms with Crippen LogP contribution in [-0.4, -0.2) is 4.92 Å². The van der Waals surface area contributed by atoms with Gasteiger partial charge in [-0.1, -0.05) is 30.3 Å². The second kappa shape index (κ2) is 4.00. The van der Waals surface area contributed by atoms with E-state index in [0.717, 1.165) is 10.9 Å². The Morgan fingerprint density at radius 2 is 1.78 bits per heavy atom. The van der Waals surface area contributed by atoms with Crippen LogP contribution in [0, 0.1) is 10.1 Å². The fourth-order valence-corrected chi connectivity index (χ4v) is 1.88. The van der Waals surface area contributed by atoms with Crippen molar-refractivity contribution in [2.75, 3.05) is 0 Å². The third kappa shape index (κ3) is 1.73. The van der Waals surface area contributed by atoms with Crippen LogP contribution < -0.4 is 0 Å². The summed E-state index contributed by atoms with van der Waals surface area (Å²) in [7, 11) is 0. The Morgan fingerprint density at radius 3 is 2.50 bits per heavy atom. The molecule has 0 saturated carbocycles. The molecular formula is C14H9NO3. The Balaban J connectivity index is 2.14. The summed E-state index contributed by atoms with van der Waals surface area (Å²) in [5.41, 5.74) is 1.52. The number of benzene rings is 2. The number of hydrogen-bond donors (Lipinski definition) is 0. The molecule has 0 N–H and O–H groups in total. The fourth-order valence-electron chi connectivity index (χ4n) is 1.88. The highest BCUT2D eigenvalue weighted by molar-refractivity contribution is 5.84. The lowest BCUT2D eigenvalue weighted by atomic mass is 10.1. The van der Waals surface area contributed by atoms with E-state index in [1.54, 1.807) is 6.07 Å². The van der Waals surface area contributed by atoms with Gasteiger partial charge in [0, 0.05) is 17.0 Å². The number of furan rings is 1. The number of nitro benzene ring substituents is 1. The molecule has 0 saturated heterocycles. The van der Waals surface area contributed by atoms with Crippen molar-refractivity contribution in [1.29, 1.82) is 0 Å². The van der Waals surface area contributed by atoms with Crippen LogP contribution in [0.15, 0.2) is 59.0 Å². The predicted molar refractivity (Wildman–Crippen MR) is 68.3 cm³/mol. The molecule has 3 aromatic rings. The van der Waals surface area contributed by atoms with Gasteiger partial charge >= 0.3 is 0 Å². The summed E-state index contributed by atoms with van der Waals surface area (Å²) in [6.07, 6.45) is 0. The average molecular weight is 239 g/mol. The number of fused-ring (bicyclic) bond motifs is 1. The third-order valence-corrected chi connectivity index (χ3v) is 2.77. The molecule has 0 radical (unpaired) electrons. The summed E-state index contributed by atoms with van der Waals surface area (Å²) in [5.74, 6) is 0.714. The van der Waals surface area contributed by atoms with Crippen LogP contribution in [0.2, 0.25) is 0 Å². The van der Waals surface area contributed by atoms with Gasteiger partial charge in [0.15, 0.2) is 0 Å². The molecule has 18 heavy (non-hydrogen) atoms. The molecule has 0 amide bonds. The largest absolute Gasteiger partial charge is 0.456 e. The lowest BCUT2D eigenvalue weighted by molar-refractivity contribution is -0.384. The van der Waals surface area contributed by atoms with Crippen molar-refractivity contribution in [2.45, 2.75) is 0 Å². The highest BCUT2D eigenvalue weighted by Crippen LogP contribution is 2.29. The van der Waals surface area contributed by atoms with Crippen LogP contribution >= 0.6 is 0 Å². The Morgan fingerprint density at radius 1 is 1.00 bits per heavy atom. The van der Waals surface area contributed by atoms with Crippen molar-refractivity contribution in [3.8, 4) is 11.3 Å². The van der Waals surface area contributed by atoms with Crippen molar-refractivity contribution >= 4 is 16.7 Å². The fraction of sp³-hybridized carbons (Fsp3) is 0. The lowest BCUT2D eigenvalue weighted by Crippen LogP contribution is -1.85. The number of nitrogens with zero attached hydrogens (tertiary/aromatic N) is 1. The molecule has 4 heteroatoms. The van der Waals surface area contributed by atoms with E-state index >= 15 is 0 Å². The molecule has 2 aromatic carbocycles. The van der Waals surface area contributed by atoms with Crippen molar-refractivity contribution in [3.63, 3.8) is 0 Å². The van der Waals surface area contributed by atoms with Crippen molar-refractivity contribution in [1.82, 2.24) is 0 Å². The van der Waals surface area contributed by atoms with E-state index in [9.17, 15) is 10.1 Å². The third-order valence-electron chi connectivity index (χ3n) is 2.77. The molecular weight excluding hydrogens is 230 g/mol. The van der Waals surface area contributed by atoms with E-state index in [1.165, 1.54) is 12.1 Å². The number of nitro groups is 1. The molecule has 0 atom stereocenters. The summed E-state index contributed by atoms with van der Waals surface area (Å²) in [4.78, 5) is 10.3. The zero-order valence-electron chi connectivity index (χ0n) is 9.37. The molecule has 0 aliphatic heterocycles. The second-order valence-corrected chi connectivity index (χ2v) is 3.96. The molecule has 0 spiro atoms. The summed E-state index contributed by atoms with van der Waals surface area (Å²) in [6.45, 7) is 0. The van der Waals surface area contributed by atoms with Gasteiger partial charge in [0.05, 0.1) is 11.0 Å². The van der Waals surface area contributed by atoms with Gasteiger partial charge in [-0.05, 0) is 12.1 Å². The zero-order chi connectivity index (χ0) is 12.5. The van der Waals surface area contributed by atoms with E-state index in [2.05, 4.69) is 0 Å². The summed E-state index contributed by atoms with van der Waals surface area (Å²) >= 11 is 0. The van der Waals surface area contributed by atoms with Crippen molar-refractivity contribution in [3.05, 3.63) is 64.7 Å². The summed E-state index contributed by atoms with van der Waals surface area (Å²) in [5, 5.41) is 11.5. The van der Waals surface area contributed by atoms with E-state index in [4.69, 9.17) is 4.42 Å². The van der Waals surface area contributed by atoms with E-state index < -0.39 is 4.92 Å². The maximum absolute atomic E-state index is 10.7. The number of rotatable bonds is 2. The minimum atomic E-state index is -0.426. The summed E-state index contributed by atoms with van der Waals surface area (Å²) in [6, 6.07) is 16.2. The quantitative estimate of drug-likeness (QED) is 0.501. The van der Waals surface area contributed by atoms with Gasteiger partial charge in [0.2, 0.25) is 0 Å². The second-order valence-electron chi connectivity index (χ2n) is 3.96. The monoisotopic (exact) mass is 239 g/mol. The highest BCUT2D eigenvalue weighted by Gasteiger charge is 2.10. The maximum Gasteiger partial charge on any atom is 0.273 e. The minimum absolute atomic E-state index is 0.0384. The molecule has 1 aromatic heterocycles. The molecule has 0 fully saturated rings. The average Bonchev–Trinajstić information content (AvgIpc) is 2.82. The Bertz CT molecular complexity index is 716. The van der Waals surface area contributed by atoms with Gasteiger partial charge in [0.25, 0.3) is 5.69 Å². The first-order chi connectivity index (χ1) is 8.74. The first-order valence-electron chi connectivity index (χ1n) is 5.47. The highest BCUT2D eigenvalue weighted by atomic mass is 16.6. The normalized spacial score (nSPS) is 10.7. The van der Waals surface area contributed by atoms with Gasteiger partial charge in [-0.2, -0.15) is 0 Å². The summed E-state index contributed by atoms with van der Waals surface area (Å²) < 4.78 is 5.64. The molecule has 1 heterocycles. The number of non-ortho nitro benzene ring substituents is 1. The smallest absolute Gasteiger partial charge is 0.273 e. The zero-order valence-corrected chi connectivity index (χ0v) is 9.37. The van der Waals surface area contributed by atoms with Crippen molar-refractivity contribution in [2.24, 2.45) is 0 Å². The standard InChI is InChI=1S/C14H9NO3/c16-15(17)12-7-6-11-8-13(18-14(11)9-12)10-4-2-1-3-5-10/h1-9H. The van der Waals surface area contributed by atoms with E-state index in [0.29, 0.717) is 11.3 Å². The Kier molecular flexibility index (Phi) is 2.34. The van der Waals surface area contributed by atoms with Crippen LogP contribution in [0.4, 0.5) is 5.69 Å². The molecule has 4 nitrogen and oxygen atoms in total. The Hall–Kier alpha value is -2.62. The SMILES string of the molecule is O=[N+]([O-])c1ccc2cc(-c3ccccc3)oc2c1. The van der Waals surface area contributed by atoms with Gasteiger partial charge < -0.3 is 4.42 Å². The van der Waals surface area contributed by atoms with Gasteiger partial charge in [0.1, 0.15) is 11.3 Å². The predicted octanol–water partition coefficient (Wildman–Crippen LogP) is 4.01. The minimum Gasteiger partial charge on any atom is -0.456 e. The lowest BCUT2D eigenvalue weighted by Gasteiger charge is -1.93. The molecule has 0 aliphatic rings. The first kappa shape index (κ1) is 10.5. The maximum atomic E-state index is 10.7. The van der Waals surface area contributed by atoms with Crippen LogP contribution in [0.5, 0.6) is 0 Å². The van der Waals surface area contributed by atoms with Crippen LogP contribution in [0.1, 0.15) is 0 Å². The van der Waals surface area contributed by atoms with E-state index in [1.807, 2.05) is 36.4 Å². The molecule has 0 aliphatic carbocycles.